The lowest BCUT2D eigenvalue weighted by molar-refractivity contribution is 0.613. The molecule has 0 N–H and O–H groups in total. The Morgan fingerprint density at radius 1 is 1.09 bits per heavy atom. The largest absolute Gasteiger partial charge is 0.318 e. The standard InChI is InChI=1S/C26H27BrN4O/c1-6-17(3)25-29-24-12-9-21(27)14-23(24)26(32)31(25)28-15-20-13-18(4)30(19(20)5)22-10-7-16(2)8-11-22/h7-15,17H,6H2,1-5H3/t17-/m1/s1. The van der Waals surface area contributed by atoms with Crippen molar-refractivity contribution >= 4 is 33.0 Å². The first kappa shape index (κ1) is 22.2. The number of fused-ring (bicyclic) bond motifs is 1. The van der Waals surface area contributed by atoms with Crippen molar-refractivity contribution in [2.75, 3.05) is 0 Å². The zero-order valence-electron chi connectivity index (χ0n) is 19.1. The molecule has 0 saturated heterocycles. The van der Waals surface area contributed by atoms with Crippen LogP contribution in [0.3, 0.4) is 0 Å². The minimum Gasteiger partial charge on any atom is -0.318 e. The van der Waals surface area contributed by atoms with Gasteiger partial charge in [0.2, 0.25) is 0 Å². The van der Waals surface area contributed by atoms with Crippen molar-refractivity contribution in [1.29, 1.82) is 0 Å². The van der Waals surface area contributed by atoms with Crippen molar-refractivity contribution in [3.05, 3.63) is 91.7 Å². The molecule has 0 saturated carbocycles. The fourth-order valence-electron chi connectivity index (χ4n) is 3.91. The molecule has 2 aromatic heterocycles. The van der Waals surface area contributed by atoms with Gasteiger partial charge in [0.25, 0.3) is 5.56 Å². The third kappa shape index (κ3) is 4.07. The molecule has 0 fully saturated rings. The van der Waals surface area contributed by atoms with Crippen LogP contribution in [-0.4, -0.2) is 20.4 Å². The average Bonchev–Trinajstić information content (AvgIpc) is 3.06. The summed E-state index contributed by atoms with van der Waals surface area (Å²) < 4.78 is 4.51. The SMILES string of the molecule is CC[C@@H](C)c1nc2ccc(Br)cc2c(=O)n1N=Cc1cc(C)n(-c2ccc(C)cc2)c1C. The molecule has 0 aliphatic rings. The van der Waals surface area contributed by atoms with Gasteiger partial charge in [-0.3, -0.25) is 4.79 Å². The molecule has 4 aromatic rings. The molecule has 0 aliphatic heterocycles. The molecular weight excluding hydrogens is 464 g/mol. The Hall–Kier alpha value is -2.99. The number of rotatable bonds is 5. The number of halogens is 1. The molecule has 2 heterocycles. The Morgan fingerprint density at radius 3 is 2.50 bits per heavy atom. The lowest BCUT2D eigenvalue weighted by Gasteiger charge is -2.14. The molecule has 0 unspecified atom stereocenters. The van der Waals surface area contributed by atoms with Gasteiger partial charge >= 0.3 is 0 Å². The van der Waals surface area contributed by atoms with Crippen LogP contribution < -0.4 is 5.56 Å². The average molecular weight is 491 g/mol. The Balaban J connectivity index is 1.84. The summed E-state index contributed by atoms with van der Waals surface area (Å²) in [5.74, 6) is 0.781. The van der Waals surface area contributed by atoms with E-state index in [4.69, 9.17) is 4.98 Å². The van der Waals surface area contributed by atoms with Crippen LogP contribution in [0.4, 0.5) is 0 Å². The molecule has 0 spiro atoms. The predicted molar refractivity (Wildman–Crippen MR) is 135 cm³/mol. The van der Waals surface area contributed by atoms with Crippen LogP contribution in [0, 0.1) is 20.8 Å². The number of aromatic nitrogens is 3. The zero-order valence-corrected chi connectivity index (χ0v) is 20.6. The minimum absolute atomic E-state index is 0.105. The van der Waals surface area contributed by atoms with E-state index >= 15 is 0 Å². The number of hydrogen-bond donors (Lipinski definition) is 0. The van der Waals surface area contributed by atoms with Crippen LogP contribution in [0.5, 0.6) is 0 Å². The molecule has 32 heavy (non-hydrogen) atoms. The minimum atomic E-state index is -0.157. The van der Waals surface area contributed by atoms with Crippen LogP contribution in [0.1, 0.15) is 54.5 Å². The molecule has 5 nitrogen and oxygen atoms in total. The molecule has 2 aromatic carbocycles. The van der Waals surface area contributed by atoms with Gasteiger partial charge in [0, 0.05) is 33.0 Å². The van der Waals surface area contributed by atoms with Crippen LogP contribution in [-0.2, 0) is 0 Å². The number of benzene rings is 2. The van der Waals surface area contributed by atoms with Crippen molar-refractivity contribution < 1.29 is 0 Å². The lowest BCUT2D eigenvalue weighted by Crippen LogP contribution is -2.23. The third-order valence-electron chi connectivity index (χ3n) is 5.96. The summed E-state index contributed by atoms with van der Waals surface area (Å²) in [5.41, 5.74) is 6.03. The van der Waals surface area contributed by atoms with Gasteiger partial charge in [-0.25, -0.2) is 4.98 Å². The van der Waals surface area contributed by atoms with E-state index < -0.39 is 0 Å². The summed E-state index contributed by atoms with van der Waals surface area (Å²) in [7, 11) is 0. The van der Waals surface area contributed by atoms with E-state index in [0.29, 0.717) is 16.7 Å². The quantitative estimate of drug-likeness (QED) is 0.309. The van der Waals surface area contributed by atoms with E-state index in [9.17, 15) is 4.79 Å². The Bertz CT molecular complexity index is 1380. The fourth-order valence-corrected chi connectivity index (χ4v) is 4.27. The summed E-state index contributed by atoms with van der Waals surface area (Å²) in [6.07, 6.45) is 2.64. The van der Waals surface area contributed by atoms with Crippen LogP contribution in [0.15, 0.2) is 62.9 Å². The highest BCUT2D eigenvalue weighted by molar-refractivity contribution is 9.10. The second-order valence-electron chi connectivity index (χ2n) is 8.30. The predicted octanol–water partition coefficient (Wildman–Crippen LogP) is 6.27. The van der Waals surface area contributed by atoms with Crippen LogP contribution in [0.25, 0.3) is 16.6 Å². The van der Waals surface area contributed by atoms with E-state index in [1.54, 1.807) is 12.3 Å². The van der Waals surface area contributed by atoms with Gasteiger partial charge in [0.1, 0.15) is 5.82 Å². The van der Waals surface area contributed by atoms with Gasteiger partial charge in [-0.05, 0) is 63.6 Å². The van der Waals surface area contributed by atoms with Gasteiger partial charge in [0.15, 0.2) is 0 Å². The maximum Gasteiger partial charge on any atom is 0.282 e. The van der Waals surface area contributed by atoms with Gasteiger partial charge < -0.3 is 4.57 Å². The van der Waals surface area contributed by atoms with Crippen molar-refractivity contribution in [2.24, 2.45) is 5.10 Å². The number of nitrogens with zero attached hydrogens (tertiary/aromatic N) is 4. The molecule has 164 valence electrons. The van der Waals surface area contributed by atoms with Crippen LogP contribution in [0.2, 0.25) is 0 Å². The van der Waals surface area contributed by atoms with Gasteiger partial charge in [-0.2, -0.15) is 9.78 Å². The van der Waals surface area contributed by atoms with Crippen molar-refractivity contribution in [2.45, 2.75) is 47.0 Å². The van der Waals surface area contributed by atoms with E-state index in [1.807, 2.05) is 12.1 Å². The Labute approximate surface area is 196 Å². The molecular formula is C26H27BrN4O. The maximum atomic E-state index is 13.3. The first-order chi connectivity index (χ1) is 15.3. The van der Waals surface area contributed by atoms with Gasteiger partial charge in [0.05, 0.1) is 17.1 Å². The fraction of sp³-hybridized carbons (Fsp3) is 0.269. The number of hydrogen-bond acceptors (Lipinski definition) is 3. The molecule has 1 atom stereocenters. The molecule has 0 aliphatic carbocycles. The van der Waals surface area contributed by atoms with Crippen molar-refractivity contribution in [3.8, 4) is 5.69 Å². The molecule has 0 radical (unpaired) electrons. The number of aryl methyl sites for hydroxylation is 2. The highest BCUT2D eigenvalue weighted by Gasteiger charge is 2.16. The summed E-state index contributed by atoms with van der Waals surface area (Å²) in [4.78, 5) is 18.1. The van der Waals surface area contributed by atoms with Crippen molar-refractivity contribution in [1.82, 2.24) is 14.2 Å². The first-order valence-electron chi connectivity index (χ1n) is 10.8. The highest BCUT2D eigenvalue weighted by atomic mass is 79.9. The van der Waals surface area contributed by atoms with Gasteiger partial charge in [-0.1, -0.05) is 47.5 Å². The molecule has 6 heteroatoms. The maximum absolute atomic E-state index is 13.3. The van der Waals surface area contributed by atoms with E-state index in [1.165, 1.54) is 10.2 Å². The summed E-state index contributed by atoms with van der Waals surface area (Å²) in [6.45, 7) is 10.4. The zero-order chi connectivity index (χ0) is 23.0. The third-order valence-corrected chi connectivity index (χ3v) is 6.45. The van der Waals surface area contributed by atoms with Crippen molar-refractivity contribution in [3.63, 3.8) is 0 Å². The van der Waals surface area contributed by atoms with E-state index in [2.05, 4.69) is 90.5 Å². The van der Waals surface area contributed by atoms with Crippen LogP contribution >= 0.6 is 15.9 Å². The first-order valence-corrected chi connectivity index (χ1v) is 11.6. The second-order valence-corrected chi connectivity index (χ2v) is 9.22. The monoisotopic (exact) mass is 490 g/mol. The topological polar surface area (TPSA) is 52.2 Å². The summed E-state index contributed by atoms with van der Waals surface area (Å²) in [6, 6.07) is 16.1. The smallest absolute Gasteiger partial charge is 0.282 e. The highest BCUT2D eigenvalue weighted by Crippen LogP contribution is 2.22. The summed E-state index contributed by atoms with van der Waals surface area (Å²) in [5, 5.41) is 5.19. The molecule has 0 amide bonds. The Morgan fingerprint density at radius 2 is 1.81 bits per heavy atom. The van der Waals surface area contributed by atoms with E-state index in [0.717, 1.165) is 33.5 Å². The summed E-state index contributed by atoms with van der Waals surface area (Å²) >= 11 is 3.46. The van der Waals surface area contributed by atoms with E-state index in [-0.39, 0.29) is 11.5 Å². The molecule has 4 rings (SSSR count). The second kappa shape index (κ2) is 8.87. The normalized spacial score (nSPS) is 12.7. The van der Waals surface area contributed by atoms with Gasteiger partial charge in [-0.15, -0.1) is 0 Å². The molecule has 0 bridgehead atoms. The Kier molecular flexibility index (Phi) is 6.15. The lowest BCUT2D eigenvalue weighted by atomic mass is 10.1.